The van der Waals surface area contributed by atoms with E-state index >= 15 is 0 Å². The van der Waals surface area contributed by atoms with E-state index in [1.807, 2.05) is 31.2 Å². The number of carbonyl (C=O) groups is 2. The summed E-state index contributed by atoms with van der Waals surface area (Å²) in [6.07, 6.45) is 2.43. The van der Waals surface area contributed by atoms with Crippen LogP contribution in [0.15, 0.2) is 41.3 Å². The Kier molecular flexibility index (Phi) is 7.76. The number of nitrogens with zero attached hydrogens (tertiary/aromatic N) is 1. The van der Waals surface area contributed by atoms with Gasteiger partial charge in [-0.15, -0.1) is 0 Å². The maximum Gasteiger partial charge on any atom is 0.266 e. The molecule has 3 rings (SSSR count). The number of thioether (sulfide) groups is 1. The molecule has 1 fully saturated rings. The van der Waals surface area contributed by atoms with Gasteiger partial charge in [0.15, 0.2) is 11.5 Å². The van der Waals surface area contributed by atoms with Crippen LogP contribution < -0.4 is 14.8 Å². The summed E-state index contributed by atoms with van der Waals surface area (Å²) in [5.74, 6) is 0.0500. The van der Waals surface area contributed by atoms with E-state index < -0.39 is 0 Å². The first-order valence-electron chi connectivity index (χ1n) is 9.90. The zero-order chi connectivity index (χ0) is 23.3. The number of aryl methyl sites for hydroxylation is 1. The van der Waals surface area contributed by atoms with E-state index in [4.69, 9.17) is 21.7 Å². The number of phenols is 1. The first-order chi connectivity index (χ1) is 15.3. The Morgan fingerprint density at radius 2 is 1.88 bits per heavy atom. The van der Waals surface area contributed by atoms with Crippen molar-refractivity contribution in [2.75, 3.05) is 26.1 Å². The van der Waals surface area contributed by atoms with Crippen LogP contribution in [0.4, 0.5) is 5.69 Å². The molecule has 0 saturated carbocycles. The van der Waals surface area contributed by atoms with E-state index in [0.29, 0.717) is 27.8 Å². The zero-order valence-electron chi connectivity index (χ0n) is 18.0. The molecule has 0 bridgehead atoms. The maximum atomic E-state index is 12.8. The lowest BCUT2D eigenvalue weighted by Gasteiger charge is -2.14. The van der Waals surface area contributed by atoms with Crippen LogP contribution in [0.3, 0.4) is 0 Å². The van der Waals surface area contributed by atoms with Crippen LogP contribution in [0, 0.1) is 6.92 Å². The van der Waals surface area contributed by atoms with E-state index in [0.717, 1.165) is 11.3 Å². The minimum absolute atomic E-state index is 0.108. The SMILES string of the molecule is COc1cc(/C=C2\SC(=S)N(CCCC(=O)Nc3ccccc3C)C2=O)cc(OC)c1O. The maximum absolute atomic E-state index is 12.8. The van der Waals surface area contributed by atoms with E-state index in [9.17, 15) is 14.7 Å². The van der Waals surface area contributed by atoms with Crippen molar-refractivity contribution >= 4 is 51.9 Å². The van der Waals surface area contributed by atoms with Gasteiger partial charge >= 0.3 is 0 Å². The molecular formula is C23H24N2O5S2. The Morgan fingerprint density at radius 1 is 1.22 bits per heavy atom. The van der Waals surface area contributed by atoms with E-state index in [-0.39, 0.29) is 35.5 Å². The third-order valence-electron chi connectivity index (χ3n) is 4.88. The lowest BCUT2D eigenvalue weighted by atomic mass is 10.1. The number of para-hydroxylation sites is 1. The van der Waals surface area contributed by atoms with Crippen molar-refractivity contribution in [3.63, 3.8) is 0 Å². The molecule has 2 N–H and O–H groups in total. The number of carbonyl (C=O) groups excluding carboxylic acids is 2. The van der Waals surface area contributed by atoms with Crippen LogP contribution in [0.1, 0.15) is 24.0 Å². The summed E-state index contributed by atoms with van der Waals surface area (Å²) in [6, 6.07) is 10.8. The Hall–Kier alpha value is -3.04. The lowest BCUT2D eigenvalue weighted by Crippen LogP contribution is -2.29. The van der Waals surface area contributed by atoms with Crippen LogP contribution in [-0.4, -0.2) is 46.9 Å². The molecule has 0 aliphatic carbocycles. The fourth-order valence-electron chi connectivity index (χ4n) is 3.16. The van der Waals surface area contributed by atoms with Crippen molar-refractivity contribution in [3.8, 4) is 17.2 Å². The summed E-state index contributed by atoms with van der Waals surface area (Å²) in [6.45, 7) is 2.28. The van der Waals surface area contributed by atoms with Gasteiger partial charge in [-0.25, -0.2) is 0 Å². The lowest BCUT2D eigenvalue weighted by molar-refractivity contribution is -0.122. The van der Waals surface area contributed by atoms with Crippen molar-refractivity contribution in [1.29, 1.82) is 0 Å². The van der Waals surface area contributed by atoms with Crippen molar-refractivity contribution in [2.24, 2.45) is 0 Å². The number of phenolic OH excluding ortho intramolecular Hbond substituents is 1. The summed E-state index contributed by atoms with van der Waals surface area (Å²) in [5, 5.41) is 12.9. The number of hydrogen-bond donors (Lipinski definition) is 2. The standard InChI is InChI=1S/C23H24N2O5S2/c1-14-7-4-5-8-16(14)24-20(26)9-6-10-25-22(28)19(32-23(25)31)13-15-11-17(29-2)21(27)18(12-15)30-3/h4-5,7-8,11-13,27H,6,9-10H2,1-3H3,(H,24,26)/b19-13-. The smallest absolute Gasteiger partial charge is 0.266 e. The number of methoxy groups -OCH3 is 2. The minimum Gasteiger partial charge on any atom is -0.502 e. The highest BCUT2D eigenvalue weighted by Gasteiger charge is 2.31. The Bertz CT molecular complexity index is 1060. The van der Waals surface area contributed by atoms with E-state index in [2.05, 4.69) is 5.32 Å². The summed E-state index contributed by atoms with van der Waals surface area (Å²) in [5.41, 5.74) is 2.41. The van der Waals surface area contributed by atoms with Crippen molar-refractivity contribution < 1.29 is 24.2 Å². The molecule has 0 atom stereocenters. The predicted octanol–water partition coefficient (Wildman–Crippen LogP) is 4.34. The molecule has 1 saturated heterocycles. The van der Waals surface area contributed by atoms with Gasteiger partial charge in [-0.05, 0) is 48.7 Å². The van der Waals surface area contributed by atoms with Crippen molar-refractivity contribution in [2.45, 2.75) is 19.8 Å². The highest BCUT2D eigenvalue weighted by Crippen LogP contribution is 2.39. The third kappa shape index (κ3) is 5.41. The highest BCUT2D eigenvalue weighted by molar-refractivity contribution is 8.26. The molecule has 1 heterocycles. The fourth-order valence-corrected chi connectivity index (χ4v) is 4.47. The monoisotopic (exact) mass is 472 g/mol. The molecule has 1 aliphatic rings. The van der Waals surface area contributed by atoms with Crippen LogP contribution >= 0.6 is 24.0 Å². The van der Waals surface area contributed by atoms with E-state index in [1.165, 1.54) is 30.9 Å². The number of aromatic hydroxyl groups is 1. The number of rotatable bonds is 8. The topological polar surface area (TPSA) is 88.1 Å². The van der Waals surface area contributed by atoms with E-state index in [1.54, 1.807) is 18.2 Å². The summed E-state index contributed by atoms with van der Waals surface area (Å²) in [4.78, 5) is 27.0. The molecule has 0 unspecified atom stereocenters. The highest BCUT2D eigenvalue weighted by atomic mass is 32.2. The summed E-state index contributed by atoms with van der Waals surface area (Å²) < 4.78 is 10.8. The molecule has 0 radical (unpaired) electrons. The second-order valence-electron chi connectivity index (χ2n) is 7.07. The average molecular weight is 473 g/mol. The Morgan fingerprint density at radius 3 is 2.50 bits per heavy atom. The zero-order valence-corrected chi connectivity index (χ0v) is 19.6. The van der Waals surface area contributed by atoms with Crippen LogP contribution in [-0.2, 0) is 9.59 Å². The van der Waals surface area contributed by atoms with Crippen LogP contribution in [0.5, 0.6) is 17.2 Å². The van der Waals surface area contributed by atoms with Gasteiger partial charge in [-0.1, -0.05) is 42.2 Å². The molecule has 32 heavy (non-hydrogen) atoms. The molecule has 7 nitrogen and oxygen atoms in total. The predicted molar refractivity (Wildman–Crippen MR) is 130 cm³/mol. The van der Waals surface area contributed by atoms with Crippen molar-refractivity contribution in [3.05, 3.63) is 52.4 Å². The third-order valence-corrected chi connectivity index (χ3v) is 6.26. The number of thiocarbonyl (C=S) groups is 1. The van der Waals surface area contributed by atoms with Gasteiger partial charge in [-0.3, -0.25) is 14.5 Å². The number of amides is 2. The average Bonchev–Trinajstić information content (AvgIpc) is 3.03. The first kappa shape index (κ1) is 23.6. The largest absolute Gasteiger partial charge is 0.502 e. The number of benzene rings is 2. The van der Waals surface area contributed by atoms with Gasteiger partial charge in [0.2, 0.25) is 11.7 Å². The van der Waals surface area contributed by atoms with Gasteiger partial charge < -0.3 is 19.9 Å². The molecule has 2 amide bonds. The van der Waals surface area contributed by atoms with Gasteiger partial charge in [0.1, 0.15) is 4.32 Å². The number of hydrogen-bond acceptors (Lipinski definition) is 7. The first-order valence-corrected chi connectivity index (χ1v) is 11.1. The Labute approximate surface area is 196 Å². The molecule has 9 heteroatoms. The molecule has 168 valence electrons. The molecule has 0 spiro atoms. The molecule has 2 aromatic rings. The number of ether oxygens (including phenoxy) is 2. The number of nitrogens with one attached hydrogen (secondary N) is 1. The molecular weight excluding hydrogens is 448 g/mol. The van der Waals surface area contributed by atoms with Crippen LogP contribution in [0.25, 0.3) is 6.08 Å². The van der Waals surface area contributed by atoms with Gasteiger partial charge in [0.05, 0.1) is 19.1 Å². The van der Waals surface area contributed by atoms with Crippen LogP contribution in [0.2, 0.25) is 0 Å². The second kappa shape index (κ2) is 10.5. The fraction of sp³-hybridized carbons (Fsp3) is 0.261. The minimum atomic E-state index is -0.217. The van der Waals surface area contributed by atoms with Gasteiger partial charge in [0, 0.05) is 18.7 Å². The van der Waals surface area contributed by atoms with Gasteiger partial charge in [-0.2, -0.15) is 0 Å². The normalized spacial score (nSPS) is 14.7. The molecule has 2 aromatic carbocycles. The molecule has 1 aliphatic heterocycles. The second-order valence-corrected chi connectivity index (χ2v) is 8.75. The van der Waals surface area contributed by atoms with Crippen molar-refractivity contribution in [1.82, 2.24) is 4.90 Å². The van der Waals surface area contributed by atoms with Gasteiger partial charge in [0.25, 0.3) is 5.91 Å². The Balaban J connectivity index is 1.62. The number of anilines is 1. The summed E-state index contributed by atoms with van der Waals surface area (Å²) >= 11 is 6.56. The quantitative estimate of drug-likeness (QED) is 0.436. The molecule has 0 aromatic heterocycles. The summed E-state index contributed by atoms with van der Waals surface area (Å²) in [7, 11) is 2.88.